The molecule has 0 bridgehead atoms. The van der Waals surface area contributed by atoms with Crippen molar-refractivity contribution in [3.63, 3.8) is 0 Å². The standard InChI is InChI=1S/C18H19FN2O3/c1-12-8-9-17(24-3)15(10-12)20-18(23)11-21(13(2)22)16-7-5-4-6-14(16)19/h4-10H,11H2,1-3H3,(H,20,23). The Morgan fingerprint density at radius 1 is 1.21 bits per heavy atom. The van der Waals surface area contributed by atoms with Gasteiger partial charge in [-0.1, -0.05) is 18.2 Å². The Kier molecular flexibility index (Phi) is 5.52. The molecule has 0 aromatic heterocycles. The largest absolute Gasteiger partial charge is 0.495 e. The van der Waals surface area contributed by atoms with Crippen LogP contribution in [0.25, 0.3) is 0 Å². The lowest BCUT2D eigenvalue weighted by Gasteiger charge is -2.21. The minimum atomic E-state index is -0.561. The number of hydrogen-bond acceptors (Lipinski definition) is 3. The minimum absolute atomic E-state index is 0.0661. The van der Waals surface area contributed by atoms with Gasteiger partial charge in [0.15, 0.2) is 0 Å². The molecule has 2 rings (SSSR count). The third-order valence-corrected chi connectivity index (χ3v) is 3.45. The zero-order valence-corrected chi connectivity index (χ0v) is 13.8. The third kappa shape index (κ3) is 4.10. The monoisotopic (exact) mass is 330 g/mol. The zero-order chi connectivity index (χ0) is 17.7. The van der Waals surface area contributed by atoms with Gasteiger partial charge in [-0.3, -0.25) is 9.59 Å². The van der Waals surface area contributed by atoms with E-state index in [1.54, 1.807) is 18.2 Å². The van der Waals surface area contributed by atoms with Gasteiger partial charge in [0.05, 0.1) is 18.5 Å². The first kappa shape index (κ1) is 17.5. The molecule has 126 valence electrons. The van der Waals surface area contributed by atoms with E-state index < -0.39 is 17.6 Å². The molecule has 5 nitrogen and oxygen atoms in total. The number of hydrogen-bond donors (Lipinski definition) is 1. The van der Waals surface area contributed by atoms with Crippen LogP contribution < -0.4 is 15.0 Å². The Balaban J connectivity index is 2.19. The summed E-state index contributed by atoms with van der Waals surface area (Å²) in [4.78, 5) is 25.2. The number of carbonyl (C=O) groups is 2. The summed E-state index contributed by atoms with van der Waals surface area (Å²) in [6.45, 7) is 2.87. The molecular weight excluding hydrogens is 311 g/mol. The fourth-order valence-electron chi connectivity index (χ4n) is 2.29. The van der Waals surface area contributed by atoms with Crippen molar-refractivity contribution in [1.82, 2.24) is 0 Å². The molecule has 1 N–H and O–H groups in total. The zero-order valence-electron chi connectivity index (χ0n) is 13.8. The number of methoxy groups -OCH3 is 1. The van der Waals surface area contributed by atoms with Crippen LogP contribution >= 0.6 is 0 Å². The van der Waals surface area contributed by atoms with Gasteiger partial charge in [-0.25, -0.2) is 4.39 Å². The van der Waals surface area contributed by atoms with Gasteiger partial charge in [0.1, 0.15) is 18.1 Å². The van der Waals surface area contributed by atoms with E-state index in [0.29, 0.717) is 11.4 Å². The highest BCUT2D eigenvalue weighted by molar-refractivity contribution is 6.02. The fraction of sp³-hybridized carbons (Fsp3) is 0.222. The molecule has 2 aromatic carbocycles. The molecule has 0 radical (unpaired) electrons. The minimum Gasteiger partial charge on any atom is -0.495 e. The predicted octanol–water partition coefficient (Wildman–Crippen LogP) is 3.13. The summed E-state index contributed by atoms with van der Waals surface area (Å²) in [6.07, 6.45) is 0. The molecule has 24 heavy (non-hydrogen) atoms. The van der Waals surface area contributed by atoms with Crippen molar-refractivity contribution in [3.05, 3.63) is 53.8 Å². The number of benzene rings is 2. The summed E-state index contributed by atoms with van der Waals surface area (Å²) < 4.78 is 19.1. The first-order chi connectivity index (χ1) is 11.4. The molecule has 2 amide bonds. The van der Waals surface area contributed by atoms with Crippen LogP contribution in [-0.2, 0) is 9.59 Å². The highest BCUT2D eigenvalue weighted by Crippen LogP contribution is 2.25. The van der Waals surface area contributed by atoms with E-state index in [4.69, 9.17) is 4.74 Å². The lowest BCUT2D eigenvalue weighted by Crippen LogP contribution is -2.37. The van der Waals surface area contributed by atoms with Crippen molar-refractivity contribution >= 4 is 23.2 Å². The maximum absolute atomic E-state index is 13.9. The number of ether oxygens (including phenoxy) is 1. The van der Waals surface area contributed by atoms with E-state index in [1.807, 2.05) is 13.0 Å². The smallest absolute Gasteiger partial charge is 0.244 e. The number of carbonyl (C=O) groups excluding carboxylic acids is 2. The Bertz CT molecular complexity index is 762. The molecule has 6 heteroatoms. The molecular formula is C18H19FN2O3. The van der Waals surface area contributed by atoms with Crippen LogP contribution in [-0.4, -0.2) is 25.5 Å². The summed E-state index contributed by atoms with van der Waals surface area (Å²) in [5.41, 5.74) is 1.51. The summed E-state index contributed by atoms with van der Waals surface area (Å²) in [6, 6.07) is 11.2. The van der Waals surface area contributed by atoms with Gasteiger partial charge in [0, 0.05) is 6.92 Å². The average molecular weight is 330 g/mol. The first-order valence-electron chi connectivity index (χ1n) is 7.39. The number of anilines is 2. The van der Waals surface area contributed by atoms with Crippen LogP contribution in [0.3, 0.4) is 0 Å². The molecule has 0 saturated heterocycles. The van der Waals surface area contributed by atoms with Crippen LogP contribution in [0.15, 0.2) is 42.5 Å². The Morgan fingerprint density at radius 3 is 2.54 bits per heavy atom. The van der Waals surface area contributed by atoms with E-state index in [1.165, 1.54) is 32.2 Å². The van der Waals surface area contributed by atoms with Crippen molar-refractivity contribution in [3.8, 4) is 5.75 Å². The number of aryl methyl sites for hydroxylation is 1. The molecule has 0 aliphatic rings. The molecule has 0 saturated carbocycles. The maximum atomic E-state index is 13.9. The van der Waals surface area contributed by atoms with Crippen LogP contribution in [0.1, 0.15) is 12.5 Å². The molecule has 0 heterocycles. The van der Waals surface area contributed by atoms with Gasteiger partial charge in [-0.2, -0.15) is 0 Å². The summed E-state index contributed by atoms with van der Waals surface area (Å²) >= 11 is 0. The van der Waals surface area contributed by atoms with Crippen molar-refractivity contribution in [1.29, 1.82) is 0 Å². The normalized spacial score (nSPS) is 10.2. The van der Waals surface area contributed by atoms with E-state index in [-0.39, 0.29) is 12.2 Å². The van der Waals surface area contributed by atoms with Crippen molar-refractivity contribution < 1.29 is 18.7 Å². The third-order valence-electron chi connectivity index (χ3n) is 3.45. The molecule has 0 fully saturated rings. The number of rotatable bonds is 5. The summed E-state index contributed by atoms with van der Waals surface area (Å²) in [5, 5.41) is 2.70. The predicted molar refractivity (Wildman–Crippen MR) is 90.8 cm³/mol. The maximum Gasteiger partial charge on any atom is 0.244 e. The van der Waals surface area contributed by atoms with Gasteiger partial charge in [-0.05, 0) is 36.8 Å². The SMILES string of the molecule is COc1ccc(C)cc1NC(=O)CN(C(C)=O)c1ccccc1F. The van der Waals surface area contributed by atoms with Crippen molar-refractivity contribution in [2.75, 3.05) is 23.9 Å². The second-order valence-electron chi connectivity index (χ2n) is 5.31. The fourth-order valence-corrected chi connectivity index (χ4v) is 2.29. The Hall–Kier alpha value is -2.89. The number of nitrogens with one attached hydrogen (secondary N) is 1. The van der Waals surface area contributed by atoms with Gasteiger partial charge >= 0.3 is 0 Å². The number of amides is 2. The van der Waals surface area contributed by atoms with Gasteiger partial charge in [0.25, 0.3) is 0 Å². The van der Waals surface area contributed by atoms with Crippen LogP contribution in [0.5, 0.6) is 5.75 Å². The molecule has 0 atom stereocenters. The van der Waals surface area contributed by atoms with Crippen LogP contribution in [0.2, 0.25) is 0 Å². The van der Waals surface area contributed by atoms with Crippen molar-refractivity contribution in [2.45, 2.75) is 13.8 Å². The van der Waals surface area contributed by atoms with Gasteiger partial charge in [-0.15, -0.1) is 0 Å². The van der Waals surface area contributed by atoms with Gasteiger partial charge in [0.2, 0.25) is 11.8 Å². The van der Waals surface area contributed by atoms with Crippen LogP contribution in [0, 0.1) is 12.7 Å². The molecule has 0 aliphatic heterocycles. The van der Waals surface area contributed by atoms with Gasteiger partial charge < -0.3 is 15.0 Å². The second-order valence-corrected chi connectivity index (χ2v) is 5.31. The quantitative estimate of drug-likeness (QED) is 0.916. The molecule has 2 aromatic rings. The highest BCUT2D eigenvalue weighted by Gasteiger charge is 2.19. The van der Waals surface area contributed by atoms with E-state index in [9.17, 15) is 14.0 Å². The number of nitrogens with zero attached hydrogens (tertiary/aromatic N) is 1. The molecule has 0 unspecified atom stereocenters. The topological polar surface area (TPSA) is 58.6 Å². The summed E-state index contributed by atoms with van der Waals surface area (Å²) in [7, 11) is 1.50. The number of para-hydroxylation sites is 1. The Morgan fingerprint density at radius 2 is 1.92 bits per heavy atom. The van der Waals surface area contributed by atoms with E-state index >= 15 is 0 Å². The Labute approximate surface area is 140 Å². The summed E-state index contributed by atoms with van der Waals surface area (Å²) in [5.74, 6) is -0.924. The van der Waals surface area contributed by atoms with Crippen LogP contribution in [0.4, 0.5) is 15.8 Å². The first-order valence-corrected chi connectivity index (χ1v) is 7.39. The molecule has 0 aliphatic carbocycles. The molecule has 0 spiro atoms. The highest BCUT2D eigenvalue weighted by atomic mass is 19.1. The lowest BCUT2D eigenvalue weighted by molar-refractivity contribution is -0.120. The number of halogens is 1. The lowest BCUT2D eigenvalue weighted by atomic mass is 10.2. The average Bonchev–Trinajstić information content (AvgIpc) is 2.53. The van der Waals surface area contributed by atoms with E-state index in [0.717, 1.165) is 10.5 Å². The van der Waals surface area contributed by atoms with E-state index in [2.05, 4.69) is 5.32 Å². The second kappa shape index (κ2) is 7.59. The van der Waals surface area contributed by atoms with Crippen molar-refractivity contribution in [2.24, 2.45) is 0 Å².